The average Bonchev–Trinajstić information content (AvgIpc) is 2.79. The lowest BCUT2D eigenvalue weighted by atomic mass is 9.71. The molecule has 7 nitrogen and oxygen atoms in total. The standard InChI is InChI=1S/C18H16O7/c1-6-14(22)12(8(3)20)15(23)13-16(6)25-10-5-9(21)11(7(2)19)17(24)18(10,13)4/h5,21-23H,1-4H3/t18-/m0/s1. The summed E-state index contributed by atoms with van der Waals surface area (Å²) in [5.41, 5.74) is -2.15. The molecule has 25 heavy (non-hydrogen) atoms. The Bertz CT molecular complexity index is 949. The lowest BCUT2D eigenvalue weighted by molar-refractivity contribution is -0.123. The van der Waals surface area contributed by atoms with Crippen molar-refractivity contribution < 1.29 is 34.4 Å². The molecule has 1 heterocycles. The third-order valence-corrected chi connectivity index (χ3v) is 4.75. The molecule has 1 aliphatic carbocycles. The summed E-state index contributed by atoms with van der Waals surface area (Å²) in [5.74, 6) is -3.47. The SMILES string of the molecule is CC(=O)C1=C(O)C=C2Oc3c(C)c(O)c(C(C)=O)c(O)c3[C@@]2(C)C1=O. The minimum Gasteiger partial charge on any atom is -0.507 e. The van der Waals surface area contributed by atoms with Gasteiger partial charge in [0, 0.05) is 11.6 Å². The molecule has 7 heteroatoms. The van der Waals surface area contributed by atoms with E-state index in [1.54, 1.807) is 0 Å². The second-order valence-corrected chi connectivity index (χ2v) is 6.34. The fourth-order valence-corrected chi connectivity index (χ4v) is 3.39. The maximum Gasteiger partial charge on any atom is 0.188 e. The number of ketones is 3. The van der Waals surface area contributed by atoms with Gasteiger partial charge < -0.3 is 20.1 Å². The lowest BCUT2D eigenvalue weighted by Gasteiger charge is -2.28. The molecule has 3 rings (SSSR count). The van der Waals surface area contributed by atoms with Gasteiger partial charge in [-0.15, -0.1) is 0 Å². The number of carbonyl (C=O) groups is 3. The molecule has 130 valence electrons. The normalized spacial score (nSPS) is 21.4. The first-order valence-electron chi connectivity index (χ1n) is 7.52. The number of aliphatic hydroxyl groups excluding tert-OH is 1. The Morgan fingerprint density at radius 2 is 1.68 bits per heavy atom. The zero-order valence-electron chi connectivity index (χ0n) is 14.1. The van der Waals surface area contributed by atoms with Crippen LogP contribution < -0.4 is 4.74 Å². The minimum absolute atomic E-state index is 0.00417. The zero-order valence-corrected chi connectivity index (χ0v) is 14.1. The summed E-state index contributed by atoms with van der Waals surface area (Å²) >= 11 is 0. The maximum atomic E-state index is 13.0. The van der Waals surface area contributed by atoms with E-state index in [1.807, 2.05) is 0 Å². The number of rotatable bonds is 2. The number of phenolic OH excluding ortho intramolecular Hbond substituents is 2. The molecule has 1 aromatic rings. The number of Topliss-reactive ketones (excluding diaryl/α,β-unsaturated/α-hetero) is 3. The fourth-order valence-electron chi connectivity index (χ4n) is 3.39. The van der Waals surface area contributed by atoms with Gasteiger partial charge in [0.2, 0.25) is 0 Å². The van der Waals surface area contributed by atoms with Crippen LogP contribution in [0.4, 0.5) is 0 Å². The Labute approximate surface area is 142 Å². The van der Waals surface area contributed by atoms with E-state index >= 15 is 0 Å². The summed E-state index contributed by atoms with van der Waals surface area (Å²) in [4.78, 5) is 36.6. The van der Waals surface area contributed by atoms with Gasteiger partial charge in [0.05, 0.1) is 5.56 Å². The number of aromatic hydroxyl groups is 2. The van der Waals surface area contributed by atoms with E-state index in [0.29, 0.717) is 0 Å². The van der Waals surface area contributed by atoms with Crippen LogP contribution in [-0.2, 0) is 15.0 Å². The molecule has 3 N–H and O–H groups in total. The van der Waals surface area contributed by atoms with E-state index < -0.39 is 45.6 Å². The van der Waals surface area contributed by atoms with E-state index in [9.17, 15) is 29.7 Å². The number of allylic oxidation sites excluding steroid dienone is 3. The van der Waals surface area contributed by atoms with E-state index in [4.69, 9.17) is 4.74 Å². The van der Waals surface area contributed by atoms with Gasteiger partial charge in [-0.05, 0) is 27.7 Å². The van der Waals surface area contributed by atoms with Gasteiger partial charge in [-0.2, -0.15) is 0 Å². The summed E-state index contributed by atoms with van der Waals surface area (Å²) in [7, 11) is 0. The highest BCUT2D eigenvalue weighted by molar-refractivity contribution is 6.25. The zero-order chi connectivity index (χ0) is 18.8. The van der Waals surface area contributed by atoms with Gasteiger partial charge in [0.1, 0.15) is 45.3 Å². The molecule has 0 radical (unpaired) electrons. The van der Waals surface area contributed by atoms with Gasteiger partial charge >= 0.3 is 0 Å². The summed E-state index contributed by atoms with van der Waals surface area (Å²) in [6.07, 6.45) is 1.14. The van der Waals surface area contributed by atoms with E-state index in [0.717, 1.165) is 13.0 Å². The van der Waals surface area contributed by atoms with Gasteiger partial charge in [-0.25, -0.2) is 0 Å². The molecule has 2 aliphatic rings. The molecule has 1 aromatic carbocycles. The van der Waals surface area contributed by atoms with Crippen LogP contribution in [-0.4, -0.2) is 32.7 Å². The van der Waals surface area contributed by atoms with Crippen molar-refractivity contribution in [3.05, 3.63) is 39.9 Å². The molecule has 0 saturated heterocycles. The van der Waals surface area contributed by atoms with Crippen molar-refractivity contribution in [2.45, 2.75) is 33.1 Å². The number of fused-ring (bicyclic) bond motifs is 3. The monoisotopic (exact) mass is 344 g/mol. The van der Waals surface area contributed by atoms with Crippen molar-refractivity contribution in [1.82, 2.24) is 0 Å². The highest BCUT2D eigenvalue weighted by Crippen LogP contribution is 2.57. The van der Waals surface area contributed by atoms with Crippen LogP contribution in [0.5, 0.6) is 17.2 Å². The topological polar surface area (TPSA) is 121 Å². The maximum absolute atomic E-state index is 13.0. The van der Waals surface area contributed by atoms with E-state index in [-0.39, 0.29) is 28.2 Å². The molecule has 0 amide bonds. The second kappa shape index (κ2) is 4.95. The second-order valence-electron chi connectivity index (χ2n) is 6.34. The summed E-state index contributed by atoms with van der Waals surface area (Å²) < 4.78 is 5.61. The van der Waals surface area contributed by atoms with Crippen LogP contribution in [0.3, 0.4) is 0 Å². The number of phenols is 2. The lowest BCUT2D eigenvalue weighted by Crippen LogP contribution is -2.38. The highest BCUT2D eigenvalue weighted by atomic mass is 16.5. The van der Waals surface area contributed by atoms with Crippen molar-refractivity contribution in [3.8, 4) is 17.2 Å². The predicted octanol–water partition coefficient (Wildman–Crippen LogP) is 2.13. The van der Waals surface area contributed by atoms with Gasteiger partial charge in [0.15, 0.2) is 17.3 Å². The molecular weight excluding hydrogens is 328 g/mol. The number of benzene rings is 1. The first kappa shape index (κ1) is 16.8. The van der Waals surface area contributed by atoms with E-state index in [1.165, 1.54) is 20.8 Å². The molecule has 0 fully saturated rings. The smallest absolute Gasteiger partial charge is 0.188 e. The number of aliphatic hydroxyl groups is 1. The largest absolute Gasteiger partial charge is 0.507 e. The number of carbonyl (C=O) groups excluding carboxylic acids is 3. The van der Waals surface area contributed by atoms with Crippen LogP contribution in [0, 0.1) is 6.92 Å². The summed E-state index contributed by atoms with van der Waals surface area (Å²) in [5, 5.41) is 30.8. The third kappa shape index (κ3) is 1.89. The van der Waals surface area contributed by atoms with Crippen molar-refractivity contribution in [3.63, 3.8) is 0 Å². The molecule has 0 saturated carbocycles. The molecule has 0 unspecified atom stereocenters. The minimum atomic E-state index is -1.59. The summed E-state index contributed by atoms with van der Waals surface area (Å²) in [6.45, 7) is 5.23. The third-order valence-electron chi connectivity index (χ3n) is 4.75. The van der Waals surface area contributed by atoms with Crippen molar-refractivity contribution in [2.75, 3.05) is 0 Å². The molecular formula is C18H16O7. The Kier molecular flexibility index (Phi) is 3.32. The first-order valence-corrected chi connectivity index (χ1v) is 7.52. The van der Waals surface area contributed by atoms with Gasteiger partial charge in [-0.3, -0.25) is 14.4 Å². The Morgan fingerprint density at radius 1 is 1.08 bits per heavy atom. The Hall–Kier alpha value is -3.09. The van der Waals surface area contributed by atoms with Crippen LogP contribution in [0.2, 0.25) is 0 Å². The van der Waals surface area contributed by atoms with Crippen molar-refractivity contribution in [2.24, 2.45) is 0 Å². The molecule has 1 aliphatic heterocycles. The van der Waals surface area contributed by atoms with Crippen molar-refractivity contribution in [1.29, 1.82) is 0 Å². The Balaban J connectivity index is 2.40. The summed E-state index contributed by atoms with van der Waals surface area (Å²) in [6, 6.07) is 0. The molecule has 0 spiro atoms. The van der Waals surface area contributed by atoms with Crippen LogP contribution >= 0.6 is 0 Å². The van der Waals surface area contributed by atoms with Crippen LogP contribution in [0.25, 0.3) is 0 Å². The number of hydrogen-bond acceptors (Lipinski definition) is 7. The number of hydrogen-bond donors (Lipinski definition) is 3. The predicted molar refractivity (Wildman–Crippen MR) is 85.9 cm³/mol. The van der Waals surface area contributed by atoms with Crippen molar-refractivity contribution >= 4 is 17.3 Å². The first-order chi connectivity index (χ1) is 11.5. The van der Waals surface area contributed by atoms with Crippen LogP contribution in [0.1, 0.15) is 42.3 Å². The van der Waals surface area contributed by atoms with Crippen LogP contribution in [0.15, 0.2) is 23.2 Å². The highest BCUT2D eigenvalue weighted by Gasteiger charge is 2.55. The average molecular weight is 344 g/mol. The van der Waals surface area contributed by atoms with E-state index in [2.05, 4.69) is 0 Å². The molecule has 0 bridgehead atoms. The van der Waals surface area contributed by atoms with Gasteiger partial charge in [-0.1, -0.05) is 0 Å². The Morgan fingerprint density at radius 3 is 2.20 bits per heavy atom. The quantitative estimate of drug-likeness (QED) is 0.555. The fraction of sp³-hybridized carbons (Fsp3) is 0.278. The number of ether oxygens (including phenoxy) is 1. The molecule has 0 aromatic heterocycles. The van der Waals surface area contributed by atoms with Gasteiger partial charge in [0.25, 0.3) is 0 Å². The molecule has 1 atom stereocenters.